The second-order valence-electron chi connectivity index (χ2n) is 3.33. The molecule has 17 heavy (non-hydrogen) atoms. The fourth-order valence-electron chi connectivity index (χ4n) is 1.46. The Morgan fingerprint density at radius 2 is 2.00 bits per heavy atom. The summed E-state index contributed by atoms with van der Waals surface area (Å²) in [5, 5.41) is 9.79. The molecule has 2 rings (SSSR count). The van der Waals surface area contributed by atoms with Gasteiger partial charge in [-0.25, -0.2) is 4.98 Å². The molecule has 4 heteroatoms. The third-order valence-electron chi connectivity index (χ3n) is 2.24. The number of nitrogens with zero attached hydrogens (tertiary/aromatic N) is 3. The monoisotopic (exact) mass is 241 g/mol. The van der Waals surface area contributed by atoms with Crippen molar-refractivity contribution in [1.29, 1.82) is 5.26 Å². The minimum Gasteiger partial charge on any atom is -0.265 e. The van der Waals surface area contributed by atoms with Gasteiger partial charge in [-0.3, -0.25) is 4.98 Å². The lowest BCUT2D eigenvalue weighted by molar-refractivity contribution is 1.11. The highest BCUT2D eigenvalue weighted by Crippen LogP contribution is 2.24. The average molecular weight is 241 g/mol. The topological polar surface area (TPSA) is 49.6 Å². The Labute approximate surface area is 105 Å². The van der Waals surface area contributed by atoms with Gasteiger partial charge >= 0.3 is 0 Å². The Hall–Kier alpha value is -1.86. The van der Waals surface area contributed by atoms with Crippen LogP contribution < -0.4 is 0 Å². The Morgan fingerprint density at radius 1 is 1.24 bits per heavy atom. The first-order valence-electron chi connectivity index (χ1n) is 5.29. The second-order valence-corrected chi connectivity index (χ2v) is 4.58. The molecule has 0 bridgehead atoms. The molecule has 0 saturated carbocycles. The largest absolute Gasteiger partial charge is 0.265 e. The maximum Gasteiger partial charge on any atom is 0.114 e. The molecule has 0 aliphatic rings. The lowest BCUT2D eigenvalue weighted by Gasteiger charge is -2.05. The van der Waals surface area contributed by atoms with Crippen LogP contribution in [0.3, 0.4) is 0 Å². The zero-order valence-electron chi connectivity index (χ0n) is 9.42. The van der Waals surface area contributed by atoms with E-state index in [1.807, 2.05) is 31.2 Å². The summed E-state index contributed by atoms with van der Waals surface area (Å²) in [6.07, 6.45) is 3.48. The molecular weight excluding hydrogens is 230 g/mol. The van der Waals surface area contributed by atoms with E-state index in [1.165, 1.54) is 0 Å². The fraction of sp³-hybridized carbons (Fsp3) is 0.154. The number of hydrogen-bond donors (Lipinski definition) is 0. The van der Waals surface area contributed by atoms with Gasteiger partial charge in [0.25, 0.3) is 0 Å². The summed E-state index contributed by atoms with van der Waals surface area (Å²) in [6, 6.07) is 9.68. The summed E-state index contributed by atoms with van der Waals surface area (Å²) >= 11 is 1.59. The summed E-state index contributed by atoms with van der Waals surface area (Å²) in [5.74, 6) is 0.904. The van der Waals surface area contributed by atoms with Crippen LogP contribution >= 0.6 is 11.8 Å². The standard InChI is InChI=1S/C13H11N3S/c1-2-17-13-11(9-14)3-4-12(16-13)10-5-7-15-8-6-10/h3-8H,2H2,1H3. The van der Waals surface area contributed by atoms with E-state index in [0.29, 0.717) is 5.56 Å². The SMILES string of the molecule is CCSc1nc(-c2ccncc2)ccc1C#N. The van der Waals surface area contributed by atoms with Crippen LogP contribution in [0.2, 0.25) is 0 Å². The van der Waals surface area contributed by atoms with Crippen LogP contribution in [-0.4, -0.2) is 15.7 Å². The number of thioether (sulfide) groups is 1. The van der Waals surface area contributed by atoms with Crippen molar-refractivity contribution in [1.82, 2.24) is 9.97 Å². The molecule has 0 amide bonds. The molecule has 0 fully saturated rings. The third-order valence-corrected chi connectivity index (χ3v) is 3.11. The quantitative estimate of drug-likeness (QED) is 0.775. The number of pyridine rings is 2. The van der Waals surface area contributed by atoms with Gasteiger partial charge in [0.1, 0.15) is 11.1 Å². The lowest BCUT2D eigenvalue weighted by Crippen LogP contribution is -1.91. The summed E-state index contributed by atoms with van der Waals surface area (Å²) in [4.78, 5) is 8.49. The molecule has 0 radical (unpaired) electrons. The minimum atomic E-state index is 0.634. The van der Waals surface area contributed by atoms with Crippen LogP contribution in [0.5, 0.6) is 0 Å². The number of nitriles is 1. The van der Waals surface area contributed by atoms with Crippen LogP contribution in [0.4, 0.5) is 0 Å². The first-order valence-corrected chi connectivity index (χ1v) is 6.28. The predicted octanol–water partition coefficient (Wildman–Crippen LogP) is 3.13. The zero-order valence-corrected chi connectivity index (χ0v) is 10.2. The summed E-state index contributed by atoms with van der Waals surface area (Å²) in [7, 11) is 0. The van der Waals surface area contributed by atoms with Gasteiger partial charge in [0.15, 0.2) is 0 Å². The van der Waals surface area contributed by atoms with Gasteiger partial charge in [-0.1, -0.05) is 6.92 Å². The van der Waals surface area contributed by atoms with Crippen molar-refractivity contribution in [2.45, 2.75) is 11.9 Å². The summed E-state index contributed by atoms with van der Waals surface area (Å²) < 4.78 is 0. The van der Waals surface area contributed by atoms with E-state index in [2.05, 4.69) is 16.0 Å². The molecule has 0 aliphatic carbocycles. The van der Waals surface area contributed by atoms with E-state index in [-0.39, 0.29) is 0 Å². The Balaban J connectivity index is 2.45. The van der Waals surface area contributed by atoms with E-state index in [4.69, 9.17) is 5.26 Å². The first kappa shape index (κ1) is 11.6. The van der Waals surface area contributed by atoms with E-state index >= 15 is 0 Å². The van der Waals surface area contributed by atoms with Crippen LogP contribution in [-0.2, 0) is 0 Å². The molecule has 2 aromatic rings. The fourth-order valence-corrected chi connectivity index (χ4v) is 2.16. The van der Waals surface area contributed by atoms with Gasteiger partial charge in [0.2, 0.25) is 0 Å². The second kappa shape index (κ2) is 5.46. The van der Waals surface area contributed by atoms with Crippen molar-refractivity contribution in [2.75, 3.05) is 5.75 Å². The molecular formula is C13H11N3S. The molecule has 0 aliphatic heterocycles. The molecule has 2 aromatic heterocycles. The number of rotatable bonds is 3. The van der Waals surface area contributed by atoms with E-state index < -0.39 is 0 Å². The third kappa shape index (κ3) is 2.63. The Morgan fingerprint density at radius 3 is 2.65 bits per heavy atom. The highest BCUT2D eigenvalue weighted by atomic mass is 32.2. The van der Waals surface area contributed by atoms with Crippen LogP contribution in [0.25, 0.3) is 11.3 Å². The highest BCUT2D eigenvalue weighted by Gasteiger charge is 2.06. The molecule has 0 N–H and O–H groups in total. The van der Waals surface area contributed by atoms with Gasteiger partial charge < -0.3 is 0 Å². The normalized spacial score (nSPS) is 9.88. The van der Waals surface area contributed by atoms with Crippen molar-refractivity contribution in [2.24, 2.45) is 0 Å². The molecule has 84 valence electrons. The van der Waals surface area contributed by atoms with Gasteiger partial charge in [-0.05, 0) is 30.0 Å². The summed E-state index contributed by atoms with van der Waals surface area (Å²) in [5.41, 5.74) is 2.53. The Kier molecular flexibility index (Phi) is 3.73. The van der Waals surface area contributed by atoms with E-state index in [0.717, 1.165) is 22.0 Å². The Bertz CT molecular complexity index is 546. The van der Waals surface area contributed by atoms with Crippen molar-refractivity contribution in [3.63, 3.8) is 0 Å². The first-order chi connectivity index (χ1) is 8.35. The molecule has 2 heterocycles. The number of aromatic nitrogens is 2. The van der Waals surface area contributed by atoms with Crippen molar-refractivity contribution in [3.05, 3.63) is 42.2 Å². The van der Waals surface area contributed by atoms with Crippen LogP contribution in [0, 0.1) is 11.3 Å². The lowest BCUT2D eigenvalue weighted by atomic mass is 10.1. The maximum atomic E-state index is 8.99. The van der Waals surface area contributed by atoms with Gasteiger partial charge in [-0.15, -0.1) is 11.8 Å². The van der Waals surface area contributed by atoms with Gasteiger partial charge in [0.05, 0.1) is 11.3 Å². The van der Waals surface area contributed by atoms with Crippen molar-refractivity contribution in [3.8, 4) is 17.3 Å². The molecule has 0 atom stereocenters. The van der Waals surface area contributed by atoms with E-state index in [1.54, 1.807) is 24.2 Å². The molecule has 0 aromatic carbocycles. The predicted molar refractivity (Wildman–Crippen MR) is 68.6 cm³/mol. The molecule has 3 nitrogen and oxygen atoms in total. The highest BCUT2D eigenvalue weighted by molar-refractivity contribution is 7.99. The van der Waals surface area contributed by atoms with Gasteiger partial charge in [0, 0.05) is 18.0 Å². The van der Waals surface area contributed by atoms with Crippen LogP contribution in [0.1, 0.15) is 12.5 Å². The maximum absolute atomic E-state index is 8.99. The van der Waals surface area contributed by atoms with Crippen molar-refractivity contribution >= 4 is 11.8 Å². The smallest absolute Gasteiger partial charge is 0.114 e. The zero-order chi connectivity index (χ0) is 12.1. The molecule has 0 unspecified atom stereocenters. The minimum absolute atomic E-state index is 0.634. The molecule has 0 saturated heterocycles. The van der Waals surface area contributed by atoms with E-state index in [9.17, 15) is 0 Å². The molecule has 0 spiro atoms. The number of hydrogen-bond acceptors (Lipinski definition) is 4. The van der Waals surface area contributed by atoms with Crippen molar-refractivity contribution < 1.29 is 0 Å². The van der Waals surface area contributed by atoms with Gasteiger partial charge in [-0.2, -0.15) is 5.26 Å². The average Bonchev–Trinajstić information content (AvgIpc) is 2.40. The summed E-state index contributed by atoms with van der Waals surface area (Å²) in [6.45, 7) is 2.05. The van der Waals surface area contributed by atoms with Crippen LogP contribution in [0.15, 0.2) is 41.7 Å².